The number of halogens is 1. The number of aryl methyl sites for hydroxylation is 1. The first-order valence-electron chi connectivity index (χ1n) is 7.57. The minimum absolute atomic E-state index is 0.0503. The average Bonchev–Trinajstić information content (AvgIpc) is 2.53. The fourth-order valence-electron chi connectivity index (χ4n) is 2.97. The number of nitrogens with one attached hydrogen (secondary N) is 1. The Hall–Kier alpha value is -2.04. The van der Waals surface area contributed by atoms with Crippen LogP contribution in [0.4, 0.5) is 0 Å². The van der Waals surface area contributed by atoms with Crippen LogP contribution in [0.1, 0.15) is 29.2 Å². The van der Waals surface area contributed by atoms with Crippen molar-refractivity contribution in [3.8, 4) is 5.75 Å². The Morgan fingerprint density at radius 2 is 2.04 bits per heavy atom. The van der Waals surface area contributed by atoms with Crippen LogP contribution in [0, 0.1) is 0 Å². The topological polar surface area (TPSA) is 69.6 Å². The first-order valence-corrected chi connectivity index (χ1v) is 7.95. The first-order chi connectivity index (χ1) is 11.0. The molecule has 1 amide bonds. The second-order valence-corrected chi connectivity index (χ2v) is 6.30. The summed E-state index contributed by atoms with van der Waals surface area (Å²) in [5, 5.41) is 23.1. The molecule has 4 nitrogen and oxygen atoms in total. The maximum absolute atomic E-state index is 12.2. The van der Waals surface area contributed by atoms with Gasteiger partial charge < -0.3 is 15.5 Å². The number of rotatable bonds is 3. The number of carbonyl (C=O) groups is 1. The van der Waals surface area contributed by atoms with Gasteiger partial charge in [-0.2, -0.15) is 0 Å². The maximum atomic E-state index is 12.2. The van der Waals surface area contributed by atoms with Gasteiger partial charge in [-0.3, -0.25) is 4.79 Å². The zero-order valence-corrected chi connectivity index (χ0v) is 13.3. The number of hydrogen-bond donors (Lipinski definition) is 3. The van der Waals surface area contributed by atoms with Gasteiger partial charge in [0.15, 0.2) is 6.10 Å². The summed E-state index contributed by atoms with van der Waals surface area (Å²) in [6, 6.07) is 11.9. The predicted molar refractivity (Wildman–Crippen MR) is 88.5 cm³/mol. The van der Waals surface area contributed by atoms with Crippen LogP contribution in [-0.4, -0.2) is 22.2 Å². The number of phenols is 1. The lowest BCUT2D eigenvalue weighted by atomic mass is 9.88. The van der Waals surface area contributed by atoms with Crippen LogP contribution in [0.25, 0.3) is 0 Å². The highest BCUT2D eigenvalue weighted by molar-refractivity contribution is 6.30. The van der Waals surface area contributed by atoms with Crippen LogP contribution in [0.15, 0.2) is 42.5 Å². The van der Waals surface area contributed by atoms with Crippen molar-refractivity contribution in [2.75, 3.05) is 0 Å². The lowest BCUT2D eigenvalue weighted by Crippen LogP contribution is -2.41. The summed E-state index contributed by atoms with van der Waals surface area (Å²) in [4.78, 5) is 12.2. The number of amides is 1. The van der Waals surface area contributed by atoms with E-state index in [1.807, 2.05) is 6.07 Å². The van der Waals surface area contributed by atoms with Crippen molar-refractivity contribution in [3.63, 3.8) is 0 Å². The highest BCUT2D eigenvalue weighted by Crippen LogP contribution is 2.25. The van der Waals surface area contributed by atoms with Crippen LogP contribution in [-0.2, 0) is 17.6 Å². The maximum Gasteiger partial charge on any atom is 0.253 e. The van der Waals surface area contributed by atoms with E-state index in [1.165, 1.54) is 5.56 Å². The van der Waals surface area contributed by atoms with Gasteiger partial charge in [-0.1, -0.05) is 29.8 Å². The van der Waals surface area contributed by atoms with Gasteiger partial charge in [0.05, 0.1) is 0 Å². The molecule has 0 aromatic heterocycles. The van der Waals surface area contributed by atoms with E-state index in [2.05, 4.69) is 5.32 Å². The molecular weight excluding hydrogens is 314 g/mol. The largest absolute Gasteiger partial charge is 0.508 e. The molecule has 0 aliphatic heterocycles. The lowest BCUT2D eigenvalue weighted by Gasteiger charge is -2.26. The van der Waals surface area contributed by atoms with Gasteiger partial charge in [-0.25, -0.2) is 0 Å². The van der Waals surface area contributed by atoms with Crippen LogP contribution < -0.4 is 5.32 Å². The van der Waals surface area contributed by atoms with Gasteiger partial charge in [0.1, 0.15) is 5.75 Å². The van der Waals surface area contributed by atoms with Crippen molar-refractivity contribution in [3.05, 3.63) is 64.2 Å². The van der Waals surface area contributed by atoms with Gasteiger partial charge >= 0.3 is 0 Å². The molecule has 0 radical (unpaired) electrons. The molecule has 0 spiro atoms. The summed E-state index contributed by atoms with van der Waals surface area (Å²) < 4.78 is 0. The van der Waals surface area contributed by atoms with Gasteiger partial charge in [0.25, 0.3) is 5.91 Å². The van der Waals surface area contributed by atoms with E-state index in [-0.39, 0.29) is 11.8 Å². The van der Waals surface area contributed by atoms with Crippen molar-refractivity contribution >= 4 is 17.5 Å². The van der Waals surface area contributed by atoms with E-state index in [4.69, 9.17) is 11.6 Å². The number of fused-ring (bicyclic) bond motifs is 1. The molecule has 1 aliphatic rings. The third-order valence-corrected chi connectivity index (χ3v) is 4.41. The molecule has 0 unspecified atom stereocenters. The summed E-state index contributed by atoms with van der Waals surface area (Å²) in [6.07, 6.45) is 1.07. The summed E-state index contributed by atoms with van der Waals surface area (Å²) in [5.74, 6) is -0.199. The van der Waals surface area contributed by atoms with E-state index in [0.717, 1.165) is 18.4 Å². The minimum Gasteiger partial charge on any atom is -0.508 e. The Bertz CT molecular complexity index is 732. The standard InChI is InChI=1S/C18H18ClNO3/c19-14-3-1-2-12(8-14)17(22)18(23)20-15-6-4-11-5-7-16(21)10-13(11)9-15/h1-3,5,7-8,10,15,17,21-22H,4,6,9H2,(H,20,23)/t15-,17+/m0/s1. The molecule has 3 rings (SSSR count). The number of benzene rings is 2. The van der Waals surface area contributed by atoms with Crippen molar-refractivity contribution in [1.29, 1.82) is 0 Å². The van der Waals surface area contributed by atoms with Crippen molar-refractivity contribution in [1.82, 2.24) is 5.32 Å². The molecule has 0 bridgehead atoms. The van der Waals surface area contributed by atoms with E-state index in [0.29, 0.717) is 17.0 Å². The van der Waals surface area contributed by atoms with Crippen LogP contribution in [0.3, 0.4) is 0 Å². The number of aliphatic hydroxyl groups excluding tert-OH is 1. The Balaban J connectivity index is 1.67. The van der Waals surface area contributed by atoms with E-state index < -0.39 is 12.0 Å². The molecule has 23 heavy (non-hydrogen) atoms. The molecule has 2 aromatic rings. The molecule has 0 fully saturated rings. The molecule has 3 N–H and O–H groups in total. The number of phenolic OH excluding ortho intramolecular Hbond substituents is 1. The molecule has 0 saturated carbocycles. The number of aliphatic hydroxyl groups is 1. The summed E-state index contributed by atoms with van der Waals surface area (Å²) in [5.41, 5.74) is 2.71. The Morgan fingerprint density at radius 3 is 2.83 bits per heavy atom. The molecule has 0 saturated heterocycles. The molecule has 2 aromatic carbocycles. The van der Waals surface area contributed by atoms with Crippen LogP contribution in [0.5, 0.6) is 5.75 Å². The molecule has 2 atom stereocenters. The number of hydrogen-bond acceptors (Lipinski definition) is 3. The van der Waals surface area contributed by atoms with Crippen molar-refractivity contribution < 1.29 is 15.0 Å². The summed E-state index contributed by atoms with van der Waals surface area (Å²) >= 11 is 5.89. The predicted octanol–water partition coefficient (Wildman–Crippen LogP) is 2.75. The Labute approximate surface area is 139 Å². The normalized spacial score (nSPS) is 18.1. The fourth-order valence-corrected chi connectivity index (χ4v) is 3.17. The second-order valence-electron chi connectivity index (χ2n) is 5.86. The Kier molecular flexibility index (Phi) is 4.55. The molecular formula is C18H18ClNO3. The van der Waals surface area contributed by atoms with Gasteiger partial charge in [0.2, 0.25) is 0 Å². The first kappa shape index (κ1) is 15.8. The molecule has 5 heteroatoms. The van der Waals surface area contributed by atoms with E-state index in [9.17, 15) is 15.0 Å². The zero-order valence-electron chi connectivity index (χ0n) is 12.5. The second kappa shape index (κ2) is 6.60. The SMILES string of the molecule is O=C(N[C@H]1CCc2ccc(O)cc2C1)[C@H](O)c1cccc(Cl)c1. The van der Waals surface area contributed by atoms with Crippen molar-refractivity contribution in [2.24, 2.45) is 0 Å². The molecule has 0 heterocycles. The highest BCUT2D eigenvalue weighted by Gasteiger charge is 2.24. The monoisotopic (exact) mass is 331 g/mol. The van der Waals surface area contributed by atoms with Gasteiger partial charge in [0, 0.05) is 11.1 Å². The van der Waals surface area contributed by atoms with E-state index in [1.54, 1.807) is 36.4 Å². The highest BCUT2D eigenvalue weighted by atomic mass is 35.5. The summed E-state index contributed by atoms with van der Waals surface area (Å²) in [6.45, 7) is 0. The minimum atomic E-state index is -1.24. The summed E-state index contributed by atoms with van der Waals surface area (Å²) in [7, 11) is 0. The smallest absolute Gasteiger partial charge is 0.253 e. The molecule has 120 valence electrons. The molecule has 1 aliphatic carbocycles. The third-order valence-electron chi connectivity index (χ3n) is 4.18. The van der Waals surface area contributed by atoms with E-state index >= 15 is 0 Å². The van der Waals surface area contributed by atoms with Crippen LogP contribution >= 0.6 is 11.6 Å². The number of aromatic hydroxyl groups is 1. The fraction of sp³-hybridized carbons (Fsp3) is 0.278. The quantitative estimate of drug-likeness (QED) is 0.810. The number of carbonyl (C=O) groups excluding carboxylic acids is 1. The van der Waals surface area contributed by atoms with Crippen molar-refractivity contribution in [2.45, 2.75) is 31.4 Å². The third kappa shape index (κ3) is 3.66. The van der Waals surface area contributed by atoms with Crippen LogP contribution in [0.2, 0.25) is 5.02 Å². The van der Waals surface area contributed by atoms with Gasteiger partial charge in [-0.05, 0) is 60.2 Å². The van der Waals surface area contributed by atoms with Gasteiger partial charge in [-0.15, -0.1) is 0 Å². The zero-order chi connectivity index (χ0) is 16.4. The lowest BCUT2D eigenvalue weighted by molar-refractivity contribution is -0.130. The average molecular weight is 332 g/mol. The Morgan fingerprint density at radius 1 is 1.22 bits per heavy atom.